The highest BCUT2D eigenvalue weighted by Gasteiger charge is 2.34. The maximum Gasteiger partial charge on any atom is 0.0228 e. The lowest BCUT2D eigenvalue weighted by atomic mass is 10.0. The normalized spacial score (nSPS) is 30.6. The molecule has 2 nitrogen and oxygen atoms in total. The minimum atomic E-state index is 0.367. The highest BCUT2D eigenvalue weighted by Crippen LogP contribution is 2.27. The Bertz CT molecular complexity index is 191. The molecule has 0 aliphatic carbocycles. The average Bonchev–Trinajstić information content (AvgIpc) is 2.42. The first kappa shape index (κ1) is 10.4. The van der Waals surface area contributed by atoms with Crippen LogP contribution in [0.4, 0.5) is 0 Å². The van der Waals surface area contributed by atoms with E-state index in [-0.39, 0.29) is 0 Å². The van der Waals surface area contributed by atoms with Crippen molar-refractivity contribution < 1.29 is 0 Å². The van der Waals surface area contributed by atoms with Crippen molar-refractivity contribution in [2.24, 2.45) is 0 Å². The predicted molar refractivity (Wildman–Crippen MR) is 60.5 cm³/mol. The maximum atomic E-state index is 2.70. The van der Waals surface area contributed by atoms with Crippen molar-refractivity contribution in [1.82, 2.24) is 9.80 Å². The average molecular weight is 196 g/mol. The summed E-state index contributed by atoms with van der Waals surface area (Å²) in [4.78, 5) is 5.31. The lowest BCUT2D eigenvalue weighted by molar-refractivity contribution is 0.0711. The van der Waals surface area contributed by atoms with Gasteiger partial charge < -0.3 is 4.90 Å². The summed E-state index contributed by atoms with van der Waals surface area (Å²) < 4.78 is 0. The van der Waals surface area contributed by atoms with E-state index in [2.05, 4.69) is 30.6 Å². The molecule has 0 spiro atoms. The maximum absolute atomic E-state index is 2.70. The van der Waals surface area contributed by atoms with E-state index in [4.69, 9.17) is 0 Å². The van der Waals surface area contributed by atoms with Crippen molar-refractivity contribution in [2.75, 3.05) is 26.2 Å². The number of hydrogen-bond donors (Lipinski definition) is 0. The van der Waals surface area contributed by atoms with Gasteiger partial charge in [-0.3, -0.25) is 4.90 Å². The zero-order chi connectivity index (χ0) is 10.2. The van der Waals surface area contributed by atoms with E-state index in [0.717, 1.165) is 6.04 Å². The highest BCUT2D eigenvalue weighted by atomic mass is 15.3. The van der Waals surface area contributed by atoms with Crippen LogP contribution < -0.4 is 0 Å². The summed E-state index contributed by atoms with van der Waals surface area (Å²) in [7, 11) is 0. The zero-order valence-electron chi connectivity index (χ0n) is 9.92. The van der Waals surface area contributed by atoms with Gasteiger partial charge in [0.2, 0.25) is 0 Å². The quantitative estimate of drug-likeness (QED) is 0.666. The predicted octanol–water partition coefficient (Wildman–Crippen LogP) is 1.96. The molecule has 2 heteroatoms. The monoisotopic (exact) mass is 196 g/mol. The van der Waals surface area contributed by atoms with Gasteiger partial charge in [0.05, 0.1) is 0 Å². The molecule has 0 N–H and O–H groups in total. The number of hydrogen-bond acceptors (Lipinski definition) is 2. The molecule has 2 heterocycles. The fourth-order valence-electron chi connectivity index (χ4n) is 2.77. The van der Waals surface area contributed by atoms with Crippen LogP contribution in [0.2, 0.25) is 0 Å². The van der Waals surface area contributed by atoms with Crippen molar-refractivity contribution in [3.05, 3.63) is 0 Å². The third-order valence-electron chi connectivity index (χ3n) is 3.66. The van der Waals surface area contributed by atoms with E-state index in [1.165, 1.54) is 45.4 Å². The molecule has 2 aliphatic heterocycles. The van der Waals surface area contributed by atoms with Gasteiger partial charge in [-0.25, -0.2) is 0 Å². The second-order valence-electron chi connectivity index (χ2n) is 5.81. The van der Waals surface area contributed by atoms with Crippen LogP contribution in [0.3, 0.4) is 0 Å². The van der Waals surface area contributed by atoms with Crippen LogP contribution >= 0.6 is 0 Å². The number of likely N-dealkylation sites (tertiary alicyclic amines) is 2. The molecule has 2 fully saturated rings. The van der Waals surface area contributed by atoms with Gasteiger partial charge in [0.1, 0.15) is 0 Å². The fraction of sp³-hybridized carbons (Fsp3) is 1.00. The van der Waals surface area contributed by atoms with Crippen LogP contribution in [0.15, 0.2) is 0 Å². The third kappa shape index (κ3) is 2.12. The Hall–Kier alpha value is -0.0800. The minimum absolute atomic E-state index is 0.367. The molecule has 82 valence electrons. The van der Waals surface area contributed by atoms with Gasteiger partial charge in [0.25, 0.3) is 0 Å². The van der Waals surface area contributed by atoms with Gasteiger partial charge in [0.15, 0.2) is 0 Å². The molecule has 0 aromatic heterocycles. The molecule has 2 aliphatic rings. The van der Waals surface area contributed by atoms with Gasteiger partial charge in [-0.15, -0.1) is 0 Å². The van der Waals surface area contributed by atoms with Crippen LogP contribution in [0.5, 0.6) is 0 Å². The van der Waals surface area contributed by atoms with Gasteiger partial charge >= 0.3 is 0 Å². The summed E-state index contributed by atoms with van der Waals surface area (Å²) in [6.07, 6.45) is 4.23. The minimum Gasteiger partial charge on any atom is -0.302 e. The Morgan fingerprint density at radius 3 is 2.29 bits per heavy atom. The lowest BCUT2D eigenvalue weighted by Crippen LogP contribution is -2.51. The van der Waals surface area contributed by atoms with E-state index in [1.54, 1.807) is 0 Å². The first-order chi connectivity index (χ1) is 6.57. The van der Waals surface area contributed by atoms with E-state index in [1.807, 2.05) is 0 Å². The summed E-state index contributed by atoms with van der Waals surface area (Å²) in [5.41, 5.74) is 0.367. The van der Waals surface area contributed by atoms with E-state index in [9.17, 15) is 0 Å². The Kier molecular flexibility index (Phi) is 2.85. The van der Waals surface area contributed by atoms with Crippen LogP contribution in [-0.4, -0.2) is 47.6 Å². The summed E-state index contributed by atoms with van der Waals surface area (Å²) in [6.45, 7) is 12.4. The molecule has 0 aromatic carbocycles. The molecular formula is C12H24N2. The molecule has 0 radical (unpaired) electrons. The Morgan fingerprint density at radius 2 is 1.79 bits per heavy atom. The smallest absolute Gasteiger partial charge is 0.0228 e. The molecule has 1 atom stereocenters. The summed E-state index contributed by atoms with van der Waals surface area (Å²) >= 11 is 0. The standard InChI is InChI=1S/C12H24N2/c1-12(2,3)14-9-4-6-11(14)10-13-7-5-8-13/h11H,4-10H2,1-3H3/t11-/m1/s1. The van der Waals surface area contributed by atoms with Crippen LogP contribution in [0.1, 0.15) is 40.0 Å². The topological polar surface area (TPSA) is 6.48 Å². The van der Waals surface area contributed by atoms with Gasteiger partial charge in [-0.2, -0.15) is 0 Å². The van der Waals surface area contributed by atoms with Crippen molar-refractivity contribution >= 4 is 0 Å². The van der Waals surface area contributed by atoms with Gasteiger partial charge in [0, 0.05) is 18.1 Å². The molecule has 0 bridgehead atoms. The van der Waals surface area contributed by atoms with E-state index < -0.39 is 0 Å². The Morgan fingerprint density at radius 1 is 1.07 bits per heavy atom. The summed E-state index contributed by atoms with van der Waals surface area (Å²) in [5, 5.41) is 0. The molecular weight excluding hydrogens is 172 g/mol. The third-order valence-corrected chi connectivity index (χ3v) is 3.66. The van der Waals surface area contributed by atoms with Crippen molar-refractivity contribution in [3.8, 4) is 0 Å². The van der Waals surface area contributed by atoms with Crippen molar-refractivity contribution in [2.45, 2.75) is 51.6 Å². The van der Waals surface area contributed by atoms with Crippen LogP contribution in [0.25, 0.3) is 0 Å². The van der Waals surface area contributed by atoms with Crippen LogP contribution in [-0.2, 0) is 0 Å². The number of nitrogens with zero attached hydrogens (tertiary/aromatic N) is 2. The first-order valence-corrected chi connectivity index (χ1v) is 6.06. The Labute approximate surface area is 88.3 Å². The molecule has 0 aromatic rings. The number of rotatable bonds is 2. The highest BCUT2D eigenvalue weighted by molar-refractivity contribution is 4.90. The molecule has 0 saturated carbocycles. The van der Waals surface area contributed by atoms with Crippen molar-refractivity contribution in [3.63, 3.8) is 0 Å². The molecule has 14 heavy (non-hydrogen) atoms. The molecule has 0 unspecified atom stereocenters. The molecule has 0 amide bonds. The lowest BCUT2D eigenvalue weighted by Gasteiger charge is -2.41. The molecule has 2 rings (SSSR count). The molecule has 2 saturated heterocycles. The van der Waals surface area contributed by atoms with E-state index >= 15 is 0 Å². The summed E-state index contributed by atoms with van der Waals surface area (Å²) in [6, 6.07) is 0.829. The van der Waals surface area contributed by atoms with Crippen LogP contribution in [0, 0.1) is 0 Å². The second kappa shape index (κ2) is 3.82. The van der Waals surface area contributed by atoms with Gasteiger partial charge in [-0.1, -0.05) is 0 Å². The largest absolute Gasteiger partial charge is 0.302 e. The SMILES string of the molecule is CC(C)(C)N1CCC[C@@H]1CN1CCC1. The van der Waals surface area contributed by atoms with Gasteiger partial charge in [-0.05, 0) is 59.7 Å². The Balaban J connectivity index is 1.89. The van der Waals surface area contributed by atoms with Crippen molar-refractivity contribution in [1.29, 1.82) is 0 Å². The second-order valence-corrected chi connectivity index (χ2v) is 5.81. The summed E-state index contributed by atoms with van der Waals surface area (Å²) in [5.74, 6) is 0. The fourth-order valence-corrected chi connectivity index (χ4v) is 2.77. The zero-order valence-corrected chi connectivity index (χ0v) is 9.92. The van der Waals surface area contributed by atoms with E-state index in [0.29, 0.717) is 5.54 Å². The first-order valence-electron chi connectivity index (χ1n) is 6.06.